The zero-order chi connectivity index (χ0) is 10.1. The van der Waals surface area contributed by atoms with Gasteiger partial charge in [0.2, 0.25) is 0 Å². The molecule has 0 aromatic rings. The lowest BCUT2D eigenvalue weighted by Gasteiger charge is -2.28. The molecule has 2 rings (SSSR count). The Morgan fingerprint density at radius 2 is 2.07 bits per heavy atom. The summed E-state index contributed by atoms with van der Waals surface area (Å²) in [6, 6.07) is 0. The van der Waals surface area contributed by atoms with Crippen LogP contribution in [-0.2, 0) is 0 Å². The molecule has 14 heavy (non-hydrogen) atoms. The fourth-order valence-electron chi connectivity index (χ4n) is 3.52. The molecule has 0 aliphatic heterocycles. The summed E-state index contributed by atoms with van der Waals surface area (Å²) < 4.78 is 0. The number of aliphatic hydroxyl groups excluding tert-OH is 1. The third kappa shape index (κ3) is 1.98. The molecule has 2 bridgehead atoms. The van der Waals surface area contributed by atoms with Gasteiger partial charge in [-0.05, 0) is 49.4 Å². The lowest BCUT2D eigenvalue weighted by molar-refractivity contribution is 0.0548. The molecule has 0 aromatic carbocycles. The fourth-order valence-corrected chi connectivity index (χ4v) is 3.52. The highest BCUT2D eigenvalue weighted by Gasteiger charge is 2.42. The van der Waals surface area contributed by atoms with Crippen LogP contribution in [-0.4, -0.2) is 11.2 Å². The van der Waals surface area contributed by atoms with Crippen molar-refractivity contribution in [2.75, 3.05) is 0 Å². The smallest absolute Gasteiger partial charge is 0.0573 e. The van der Waals surface area contributed by atoms with E-state index in [0.29, 0.717) is 11.8 Å². The van der Waals surface area contributed by atoms with E-state index in [1.165, 1.54) is 32.1 Å². The fraction of sp³-hybridized carbons (Fsp3) is 1.00. The zero-order valence-electron chi connectivity index (χ0n) is 9.58. The Kier molecular flexibility index (Phi) is 3.16. The highest BCUT2D eigenvalue weighted by Crippen LogP contribution is 2.50. The lowest BCUT2D eigenvalue weighted by atomic mass is 9.81. The summed E-state index contributed by atoms with van der Waals surface area (Å²) in [4.78, 5) is 0. The molecule has 2 aliphatic carbocycles. The number of hydrogen-bond acceptors (Lipinski definition) is 1. The highest BCUT2D eigenvalue weighted by atomic mass is 16.3. The van der Waals surface area contributed by atoms with Crippen LogP contribution in [0.3, 0.4) is 0 Å². The molecule has 0 aromatic heterocycles. The van der Waals surface area contributed by atoms with Gasteiger partial charge in [-0.15, -0.1) is 0 Å². The van der Waals surface area contributed by atoms with Gasteiger partial charge in [0.15, 0.2) is 0 Å². The van der Waals surface area contributed by atoms with Gasteiger partial charge in [-0.2, -0.15) is 0 Å². The van der Waals surface area contributed by atoms with E-state index < -0.39 is 0 Å². The van der Waals surface area contributed by atoms with Crippen molar-refractivity contribution in [2.24, 2.45) is 23.7 Å². The van der Waals surface area contributed by atoms with Gasteiger partial charge < -0.3 is 5.11 Å². The topological polar surface area (TPSA) is 20.2 Å². The minimum absolute atomic E-state index is 0.000231. The highest BCUT2D eigenvalue weighted by molar-refractivity contribution is 4.93. The molecule has 0 spiro atoms. The van der Waals surface area contributed by atoms with Gasteiger partial charge >= 0.3 is 0 Å². The van der Waals surface area contributed by atoms with Crippen molar-refractivity contribution >= 4 is 0 Å². The molecule has 1 heteroatoms. The van der Waals surface area contributed by atoms with Gasteiger partial charge in [0.05, 0.1) is 6.10 Å². The molecular weight excluding hydrogens is 172 g/mol. The van der Waals surface area contributed by atoms with Crippen LogP contribution in [0.15, 0.2) is 0 Å². The van der Waals surface area contributed by atoms with Crippen LogP contribution < -0.4 is 0 Å². The molecule has 0 heterocycles. The van der Waals surface area contributed by atoms with Crippen molar-refractivity contribution in [3.05, 3.63) is 0 Å². The van der Waals surface area contributed by atoms with E-state index in [4.69, 9.17) is 0 Å². The molecule has 1 N–H and O–H groups in total. The van der Waals surface area contributed by atoms with Gasteiger partial charge in [-0.3, -0.25) is 0 Å². The largest absolute Gasteiger partial charge is 0.393 e. The molecule has 0 amide bonds. The monoisotopic (exact) mass is 196 g/mol. The third-order valence-corrected chi connectivity index (χ3v) is 4.63. The van der Waals surface area contributed by atoms with E-state index in [0.717, 1.165) is 18.3 Å². The lowest BCUT2D eigenvalue weighted by Crippen LogP contribution is -2.27. The van der Waals surface area contributed by atoms with Crippen LogP contribution in [0.2, 0.25) is 0 Å². The van der Waals surface area contributed by atoms with Crippen LogP contribution in [0.5, 0.6) is 0 Å². The Morgan fingerprint density at radius 1 is 1.29 bits per heavy atom. The molecular formula is C13H24O. The molecule has 82 valence electrons. The first-order chi connectivity index (χ1) is 6.70. The van der Waals surface area contributed by atoms with Crippen LogP contribution in [0.1, 0.15) is 52.4 Å². The Labute approximate surface area is 87.9 Å². The molecule has 5 unspecified atom stereocenters. The molecule has 2 fully saturated rings. The molecule has 2 aliphatic rings. The van der Waals surface area contributed by atoms with Crippen LogP contribution in [0.25, 0.3) is 0 Å². The quantitative estimate of drug-likeness (QED) is 0.732. The van der Waals surface area contributed by atoms with Crippen molar-refractivity contribution in [3.8, 4) is 0 Å². The molecule has 5 atom stereocenters. The van der Waals surface area contributed by atoms with Gasteiger partial charge in [-0.1, -0.05) is 26.7 Å². The summed E-state index contributed by atoms with van der Waals surface area (Å²) in [7, 11) is 0. The maximum atomic E-state index is 10.2. The van der Waals surface area contributed by atoms with Crippen LogP contribution >= 0.6 is 0 Å². The summed E-state index contributed by atoms with van der Waals surface area (Å²) in [5, 5.41) is 10.2. The van der Waals surface area contributed by atoms with Crippen molar-refractivity contribution in [1.29, 1.82) is 0 Å². The summed E-state index contributed by atoms with van der Waals surface area (Å²) in [6.45, 7) is 4.48. The SMILES string of the molecule is CCC(C)CC(O)C1CC2CCC1C2. The van der Waals surface area contributed by atoms with Crippen molar-refractivity contribution in [1.82, 2.24) is 0 Å². The Hall–Kier alpha value is -0.0400. The Morgan fingerprint density at radius 3 is 2.57 bits per heavy atom. The predicted molar refractivity (Wildman–Crippen MR) is 59.0 cm³/mol. The minimum atomic E-state index is 0.000231. The van der Waals surface area contributed by atoms with Crippen LogP contribution in [0.4, 0.5) is 0 Å². The Balaban J connectivity index is 1.83. The number of rotatable bonds is 4. The summed E-state index contributed by atoms with van der Waals surface area (Å²) in [5.41, 5.74) is 0. The first-order valence-corrected chi connectivity index (χ1v) is 6.38. The number of hydrogen-bond donors (Lipinski definition) is 1. The van der Waals surface area contributed by atoms with Gasteiger partial charge in [0.25, 0.3) is 0 Å². The standard InChI is InChI=1S/C13H24O/c1-3-9(2)6-13(14)12-8-10-4-5-11(12)7-10/h9-14H,3-8H2,1-2H3. The van der Waals surface area contributed by atoms with E-state index in [2.05, 4.69) is 13.8 Å². The predicted octanol–water partition coefficient (Wildman–Crippen LogP) is 3.22. The maximum Gasteiger partial charge on any atom is 0.0573 e. The van der Waals surface area contributed by atoms with E-state index in [9.17, 15) is 5.11 Å². The molecule has 2 saturated carbocycles. The van der Waals surface area contributed by atoms with Crippen LogP contribution in [0, 0.1) is 23.7 Å². The third-order valence-electron chi connectivity index (χ3n) is 4.63. The Bertz CT molecular complexity index is 190. The first-order valence-electron chi connectivity index (χ1n) is 6.38. The molecule has 0 radical (unpaired) electrons. The number of aliphatic hydroxyl groups is 1. The minimum Gasteiger partial charge on any atom is -0.393 e. The average molecular weight is 196 g/mol. The van der Waals surface area contributed by atoms with Crippen molar-refractivity contribution < 1.29 is 5.11 Å². The number of fused-ring (bicyclic) bond motifs is 2. The summed E-state index contributed by atoms with van der Waals surface area (Å²) in [6.07, 6.45) is 7.82. The second kappa shape index (κ2) is 4.22. The van der Waals surface area contributed by atoms with Gasteiger partial charge in [0, 0.05) is 0 Å². The van der Waals surface area contributed by atoms with E-state index in [1.54, 1.807) is 0 Å². The zero-order valence-corrected chi connectivity index (χ0v) is 9.58. The second-order valence-corrected chi connectivity index (χ2v) is 5.66. The average Bonchev–Trinajstić information content (AvgIpc) is 2.78. The molecule has 0 saturated heterocycles. The van der Waals surface area contributed by atoms with E-state index >= 15 is 0 Å². The second-order valence-electron chi connectivity index (χ2n) is 5.66. The van der Waals surface area contributed by atoms with E-state index in [-0.39, 0.29) is 6.10 Å². The first kappa shape index (κ1) is 10.5. The van der Waals surface area contributed by atoms with Gasteiger partial charge in [0.1, 0.15) is 0 Å². The normalized spacial score (nSPS) is 40.1. The maximum absolute atomic E-state index is 10.2. The van der Waals surface area contributed by atoms with E-state index in [1.807, 2.05) is 0 Å². The van der Waals surface area contributed by atoms with Crippen molar-refractivity contribution in [3.63, 3.8) is 0 Å². The van der Waals surface area contributed by atoms with Gasteiger partial charge in [-0.25, -0.2) is 0 Å². The molecule has 1 nitrogen and oxygen atoms in total. The summed E-state index contributed by atoms with van der Waals surface area (Å²) >= 11 is 0. The van der Waals surface area contributed by atoms with Crippen molar-refractivity contribution in [2.45, 2.75) is 58.5 Å². The summed E-state index contributed by atoms with van der Waals surface area (Å²) in [5.74, 6) is 3.20.